The van der Waals surface area contributed by atoms with E-state index in [9.17, 15) is 0 Å². The van der Waals surface area contributed by atoms with E-state index in [-0.39, 0.29) is 0 Å². The Balaban J connectivity index is 2.30. The molecule has 0 aliphatic carbocycles. The van der Waals surface area contributed by atoms with Crippen molar-refractivity contribution in [2.24, 2.45) is 0 Å². The van der Waals surface area contributed by atoms with Gasteiger partial charge in [-0.15, -0.1) is 0 Å². The second-order valence-corrected chi connectivity index (χ2v) is 17.4. The van der Waals surface area contributed by atoms with E-state index in [0.717, 1.165) is 0 Å². The molecule has 0 atom stereocenters. The molecule has 0 fully saturated rings. The summed E-state index contributed by atoms with van der Waals surface area (Å²) in [4.78, 5) is 0. The van der Waals surface area contributed by atoms with Crippen molar-refractivity contribution in [3.8, 4) is 0 Å². The van der Waals surface area contributed by atoms with Crippen LogP contribution in [-0.4, -0.2) is 17.3 Å². The third kappa shape index (κ3) is 2.54. The molecule has 0 spiro atoms. The van der Waals surface area contributed by atoms with E-state index in [1.165, 1.54) is 0 Å². The van der Waals surface area contributed by atoms with Gasteiger partial charge in [-0.05, 0) is 0 Å². The molecule has 0 aliphatic rings. The van der Waals surface area contributed by atoms with Gasteiger partial charge in [0.05, 0.1) is 0 Å². The zero-order valence-corrected chi connectivity index (χ0v) is 13.2. The van der Waals surface area contributed by atoms with E-state index >= 15 is 0 Å². The molecular formula is C12H10IIn. The van der Waals surface area contributed by atoms with Crippen molar-refractivity contribution >= 4 is 42.1 Å². The molecule has 0 N–H and O–H groups in total. The van der Waals surface area contributed by atoms with Crippen LogP contribution in [0.1, 0.15) is 0 Å². The van der Waals surface area contributed by atoms with Crippen LogP contribution in [-0.2, 0) is 0 Å². The molecule has 0 unspecified atom stereocenters. The number of rotatable bonds is 2. The molecule has 2 aromatic carbocycles. The van der Waals surface area contributed by atoms with Gasteiger partial charge in [0.1, 0.15) is 0 Å². The van der Waals surface area contributed by atoms with Gasteiger partial charge in [0.25, 0.3) is 0 Å². The molecule has 0 bridgehead atoms. The summed E-state index contributed by atoms with van der Waals surface area (Å²) in [5.74, 6) is 0. The minimum atomic E-state index is -1.67. The number of hydrogen-bond donors (Lipinski definition) is 0. The van der Waals surface area contributed by atoms with Crippen LogP contribution in [0.2, 0.25) is 0 Å². The van der Waals surface area contributed by atoms with Crippen LogP contribution in [0.3, 0.4) is 0 Å². The van der Waals surface area contributed by atoms with Crippen LogP contribution < -0.4 is 6.64 Å². The van der Waals surface area contributed by atoms with Gasteiger partial charge in [0.2, 0.25) is 0 Å². The van der Waals surface area contributed by atoms with Crippen LogP contribution in [0, 0.1) is 0 Å². The molecule has 0 aromatic heterocycles. The molecule has 0 amide bonds. The van der Waals surface area contributed by atoms with Crippen molar-refractivity contribution in [1.29, 1.82) is 0 Å². The van der Waals surface area contributed by atoms with E-state index in [0.29, 0.717) is 0 Å². The van der Waals surface area contributed by atoms with Crippen molar-refractivity contribution in [1.82, 2.24) is 0 Å². The van der Waals surface area contributed by atoms with Crippen LogP contribution in [0.25, 0.3) is 0 Å². The van der Waals surface area contributed by atoms with Crippen LogP contribution in [0.15, 0.2) is 60.7 Å². The maximum absolute atomic E-state index is 2.68. The second kappa shape index (κ2) is 5.21. The molecule has 2 heteroatoms. The van der Waals surface area contributed by atoms with Gasteiger partial charge >= 0.3 is 103 Å². The summed E-state index contributed by atoms with van der Waals surface area (Å²) >= 11 is 1.02. The van der Waals surface area contributed by atoms with E-state index in [1.807, 2.05) is 0 Å². The average Bonchev–Trinajstić information content (AvgIpc) is 2.30. The normalized spacial score (nSPS) is 9.79. The molecule has 68 valence electrons. The molecule has 0 saturated carbocycles. The van der Waals surface area contributed by atoms with E-state index in [1.54, 1.807) is 6.64 Å². The van der Waals surface area contributed by atoms with Crippen molar-refractivity contribution < 1.29 is 0 Å². The Labute approximate surface area is 102 Å². The first-order valence-electron chi connectivity index (χ1n) is 4.62. The summed E-state index contributed by atoms with van der Waals surface area (Å²) in [6, 6.07) is 21.8. The first-order chi connectivity index (χ1) is 6.88. The summed E-state index contributed by atoms with van der Waals surface area (Å²) in [6.45, 7) is 0. The fraction of sp³-hybridized carbons (Fsp3) is 0. The predicted molar refractivity (Wildman–Crippen MR) is 71.9 cm³/mol. The monoisotopic (exact) mass is 396 g/mol. The average molecular weight is 396 g/mol. The molecule has 2 aromatic rings. The van der Waals surface area contributed by atoms with Gasteiger partial charge in [-0.2, -0.15) is 0 Å². The molecule has 0 radical (unpaired) electrons. The van der Waals surface area contributed by atoms with Gasteiger partial charge < -0.3 is 0 Å². The second-order valence-electron chi connectivity index (χ2n) is 3.18. The van der Waals surface area contributed by atoms with Crippen molar-refractivity contribution in [2.45, 2.75) is 0 Å². The van der Waals surface area contributed by atoms with Crippen LogP contribution in [0.4, 0.5) is 0 Å². The Bertz CT molecular complexity index is 346. The molecule has 0 saturated heterocycles. The number of benzene rings is 2. The number of hydrogen-bond acceptors (Lipinski definition) is 0. The van der Waals surface area contributed by atoms with Crippen molar-refractivity contribution in [3.63, 3.8) is 0 Å². The van der Waals surface area contributed by atoms with Gasteiger partial charge in [-0.3, -0.25) is 0 Å². The quantitative estimate of drug-likeness (QED) is 0.684. The van der Waals surface area contributed by atoms with Gasteiger partial charge in [0, 0.05) is 0 Å². The SMILES string of the molecule is [I][In]([c]1ccccc1)[c]1ccccc1. The fourth-order valence-corrected chi connectivity index (χ4v) is 11.3. The molecule has 0 nitrogen and oxygen atoms in total. The minimum absolute atomic E-state index is 1.57. The third-order valence-electron chi connectivity index (χ3n) is 2.18. The Morgan fingerprint density at radius 2 is 1.00 bits per heavy atom. The molecule has 0 aliphatic heterocycles. The Kier molecular flexibility index (Phi) is 3.93. The van der Waals surface area contributed by atoms with E-state index < -0.39 is 17.3 Å². The third-order valence-corrected chi connectivity index (χ3v) is 17.4. The van der Waals surface area contributed by atoms with Crippen LogP contribution >= 0.6 is 18.1 Å². The standard InChI is InChI=1S/2C6H5.HI.In/c2*1-2-4-6-5-3-1;;/h2*1-5H;1H;/q;;;+1/p-1. The molecular weight excluding hydrogens is 386 g/mol. The maximum atomic E-state index is 2.68. The van der Waals surface area contributed by atoms with Crippen molar-refractivity contribution in [3.05, 3.63) is 60.7 Å². The predicted octanol–water partition coefficient (Wildman–Crippen LogP) is 2.23. The van der Waals surface area contributed by atoms with Gasteiger partial charge in [0.15, 0.2) is 0 Å². The zero-order chi connectivity index (χ0) is 9.80. The molecule has 2 rings (SSSR count). The number of halogens is 1. The first-order valence-corrected chi connectivity index (χ1v) is 17.5. The fourth-order valence-electron chi connectivity index (χ4n) is 1.44. The molecule has 14 heavy (non-hydrogen) atoms. The van der Waals surface area contributed by atoms with Crippen LogP contribution in [0.5, 0.6) is 0 Å². The van der Waals surface area contributed by atoms with E-state index in [2.05, 4.69) is 78.8 Å². The summed E-state index contributed by atoms with van der Waals surface area (Å²) in [6.07, 6.45) is 0. The van der Waals surface area contributed by atoms with Gasteiger partial charge in [-0.25, -0.2) is 0 Å². The Hall–Kier alpha value is 0.0401. The summed E-state index contributed by atoms with van der Waals surface area (Å²) in [7, 11) is 0. The summed E-state index contributed by atoms with van der Waals surface area (Å²) in [5, 5.41) is 0. The Morgan fingerprint density at radius 3 is 1.36 bits per heavy atom. The molecule has 0 heterocycles. The topological polar surface area (TPSA) is 0 Å². The summed E-state index contributed by atoms with van der Waals surface area (Å²) in [5.41, 5.74) is 0. The zero-order valence-electron chi connectivity index (χ0n) is 7.73. The first kappa shape index (κ1) is 10.6. The van der Waals surface area contributed by atoms with E-state index in [4.69, 9.17) is 0 Å². The van der Waals surface area contributed by atoms with Gasteiger partial charge in [-0.1, -0.05) is 0 Å². The Morgan fingerprint density at radius 1 is 0.643 bits per heavy atom. The summed E-state index contributed by atoms with van der Waals surface area (Å²) < 4.78 is 3.14. The van der Waals surface area contributed by atoms with Crippen molar-refractivity contribution in [2.75, 3.05) is 0 Å².